The van der Waals surface area contributed by atoms with Crippen LogP contribution in [0.1, 0.15) is 38.3 Å². The number of hydrogen-bond acceptors (Lipinski definition) is 12. The third-order valence-electron chi connectivity index (χ3n) is 7.47. The number of alkyl carbamates (subject to hydrolysis) is 1. The van der Waals surface area contributed by atoms with Crippen molar-refractivity contribution < 1.29 is 77.3 Å². The molecular weight excluding hydrogens is 736 g/mol. The zero-order valence-corrected chi connectivity index (χ0v) is 28.7. The summed E-state index contributed by atoms with van der Waals surface area (Å²) in [6, 6.07) is 7.77. The van der Waals surface area contributed by atoms with Gasteiger partial charge in [0.15, 0.2) is 6.29 Å². The average Bonchev–Trinajstić information content (AvgIpc) is 3.61. The Morgan fingerprint density at radius 1 is 0.942 bits per heavy atom. The molecule has 0 saturated carbocycles. The number of aliphatic hydroxyl groups excluding tert-OH is 1. The highest BCUT2D eigenvalue weighted by Crippen LogP contribution is 2.33. The van der Waals surface area contributed by atoms with Gasteiger partial charge in [0.05, 0.1) is 31.3 Å². The highest BCUT2D eigenvalue weighted by molar-refractivity contribution is 7.88. The third-order valence-corrected chi connectivity index (χ3v) is 8.44. The number of hydrogen-bond donors (Lipinski definition) is 3. The van der Waals surface area contributed by atoms with Crippen molar-refractivity contribution in [1.82, 2.24) is 15.8 Å². The van der Waals surface area contributed by atoms with Crippen LogP contribution in [-0.4, -0.2) is 92.5 Å². The maximum Gasteiger partial charge on any atom is 0.573 e. The van der Waals surface area contributed by atoms with Gasteiger partial charge in [0, 0.05) is 13.1 Å². The van der Waals surface area contributed by atoms with E-state index in [1.54, 1.807) is 20.8 Å². The fourth-order valence-corrected chi connectivity index (χ4v) is 5.67. The van der Waals surface area contributed by atoms with Crippen molar-refractivity contribution in [2.24, 2.45) is 5.92 Å². The number of nitrogens with zero attached hydrogens (tertiary/aromatic N) is 1. The topological polar surface area (TPSA) is 171 Å². The number of halogens is 6. The van der Waals surface area contributed by atoms with Gasteiger partial charge in [-0.3, -0.25) is 5.43 Å². The minimum absolute atomic E-state index is 0.0693. The number of rotatable bonds is 13. The molecule has 2 aromatic rings. The van der Waals surface area contributed by atoms with Gasteiger partial charge in [0.2, 0.25) is 0 Å². The summed E-state index contributed by atoms with van der Waals surface area (Å²) in [4.78, 5) is 25.8. The largest absolute Gasteiger partial charge is 0.573 e. The number of alkyl halides is 6. The van der Waals surface area contributed by atoms with Crippen LogP contribution in [0.2, 0.25) is 0 Å². The maximum atomic E-state index is 13.1. The Hall–Kier alpha value is -4.05. The molecule has 2 saturated heterocycles. The van der Waals surface area contributed by atoms with Crippen molar-refractivity contribution in [3.63, 3.8) is 0 Å². The first kappa shape index (κ1) is 40.7. The number of carbonyl (C=O) groups is 2. The zero-order valence-electron chi connectivity index (χ0n) is 27.9. The van der Waals surface area contributed by atoms with E-state index in [-0.39, 0.29) is 25.5 Å². The summed E-state index contributed by atoms with van der Waals surface area (Å²) >= 11 is 0. The predicted octanol–water partition coefficient (Wildman–Crippen LogP) is 4.52. The third kappa shape index (κ3) is 12.3. The van der Waals surface area contributed by atoms with E-state index in [1.807, 2.05) is 0 Å². The fourth-order valence-electron chi connectivity index (χ4n) is 5.21. The van der Waals surface area contributed by atoms with Crippen molar-refractivity contribution in [3.05, 3.63) is 59.7 Å². The van der Waals surface area contributed by atoms with E-state index in [4.69, 9.17) is 18.9 Å². The number of fused-ring (bicyclic) bond motifs is 1. The molecule has 3 N–H and O–H groups in total. The van der Waals surface area contributed by atoms with Crippen LogP contribution in [0.3, 0.4) is 0 Å². The molecule has 0 aromatic heterocycles. The lowest BCUT2D eigenvalue weighted by Crippen LogP contribution is -2.54. The van der Waals surface area contributed by atoms with Crippen LogP contribution in [0.5, 0.6) is 11.5 Å². The normalized spacial score (nSPS) is 20.5. The Morgan fingerprint density at radius 3 is 2.15 bits per heavy atom. The summed E-state index contributed by atoms with van der Waals surface area (Å²) in [7, 11) is -5.94. The van der Waals surface area contributed by atoms with Crippen LogP contribution >= 0.6 is 0 Å². The molecule has 2 aliphatic rings. The van der Waals surface area contributed by atoms with Gasteiger partial charge in [0.1, 0.15) is 23.2 Å². The summed E-state index contributed by atoms with van der Waals surface area (Å²) in [6.45, 7) is 4.61. The van der Waals surface area contributed by atoms with Crippen molar-refractivity contribution in [1.29, 1.82) is 0 Å². The molecule has 5 atom stereocenters. The van der Waals surface area contributed by atoms with Crippen molar-refractivity contribution in [3.8, 4) is 11.5 Å². The number of nitrogens with one attached hydrogen (secondary N) is 2. The molecule has 52 heavy (non-hydrogen) atoms. The van der Waals surface area contributed by atoms with Gasteiger partial charge in [-0.15, -0.1) is 13.2 Å². The second kappa shape index (κ2) is 16.3. The van der Waals surface area contributed by atoms with E-state index in [1.165, 1.54) is 29.3 Å². The first-order valence-electron chi connectivity index (χ1n) is 15.6. The van der Waals surface area contributed by atoms with E-state index in [0.717, 1.165) is 24.3 Å². The molecule has 290 valence electrons. The molecule has 0 radical (unpaired) electrons. The van der Waals surface area contributed by atoms with Crippen LogP contribution in [0.25, 0.3) is 0 Å². The lowest BCUT2D eigenvalue weighted by atomic mass is 10.0. The molecule has 2 aromatic carbocycles. The molecule has 2 fully saturated rings. The van der Waals surface area contributed by atoms with Crippen LogP contribution in [0.4, 0.5) is 35.9 Å². The highest BCUT2D eigenvalue weighted by atomic mass is 32.2. The van der Waals surface area contributed by atoms with E-state index in [0.29, 0.717) is 24.2 Å². The van der Waals surface area contributed by atoms with E-state index in [2.05, 4.69) is 19.7 Å². The average molecular weight is 774 g/mol. The molecule has 0 unspecified atom stereocenters. The summed E-state index contributed by atoms with van der Waals surface area (Å²) in [5, 5.41) is 15.1. The number of hydrazine groups is 1. The van der Waals surface area contributed by atoms with Gasteiger partial charge in [0.25, 0.3) is 0 Å². The van der Waals surface area contributed by atoms with Gasteiger partial charge in [-0.25, -0.2) is 14.6 Å². The van der Waals surface area contributed by atoms with E-state index in [9.17, 15) is 49.5 Å². The van der Waals surface area contributed by atoms with Gasteiger partial charge in [-0.2, -0.15) is 21.6 Å². The van der Waals surface area contributed by atoms with Gasteiger partial charge >= 0.3 is 34.2 Å². The molecule has 21 heteroatoms. The van der Waals surface area contributed by atoms with Gasteiger partial charge in [-0.05, 0) is 69.0 Å². The number of benzene rings is 2. The van der Waals surface area contributed by atoms with Crippen LogP contribution in [0, 0.1) is 5.92 Å². The number of carbonyl (C=O) groups excluding carboxylic acids is 2. The second-order valence-corrected chi connectivity index (χ2v) is 14.3. The monoisotopic (exact) mass is 773 g/mol. The smallest absolute Gasteiger partial charge is 0.444 e. The molecular formula is C31H37F6N3O11S. The molecule has 2 aliphatic heterocycles. The number of amides is 2. The minimum Gasteiger partial charge on any atom is -0.444 e. The van der Waals surface area contributed by atoms with Crippen LogP contribution in [0.15, 0.2) is 48.5 Å². The Balaban J connectivity index is 1.53. The lowest BCUT2D eigenvalue weighted by molar-refractivity contribution is -0.274. The SMILES string of the molecule is CC(C)(C)OC(=O)N[C@@H](Cc1ccc(OS(=O)(=O)C(F)(F)F)cc1)[C@@H](O)CN(Cc1ccc(OC(F)(F)F)cc1)NC(=O)O[C@H]1CO[C@H]2OCC[C@H]21. The Kier molecular flexibility index (Phi) is 12.8. The second-order valence-electron chi connectivity index (χ2n) is 12.8. The lowest BCUT2D eigenvalue weighted by Gasteiger charge is -2.31. The van der Waals surface area contributed by atoms with Crippen LogP contribution < -0.4 is 19.7 Å². The summed E-state index contributed by atoms with van der Waals surface area (Å²) in [6.07, 6.45) is -9.17. The Labute approximate surface area is 294 Å². The number of ether oxygens (including phenoxy) is 5. The van der Waals surface area contributed by atoms with Gasteiger partial charge in [-0.1, -0.05) is 24.3 Å². The quantitative estimate of drug-likeness (QED) is 0.113. The predicted molar refractivity (Wildman–Crippen MR) is 166 cm³/mol. The first-order chi connectivity index (χ1) is 24.1. The maximum absolute atomic E-state index is 13.1. The van der Waals surface area contributed by atoms with Crippen LogP contribution in [-0.2, 0) is 42.0 Å². The molecule has 2 heterocycles. The first-order valence-corrected chi connectivity index (χ1v) is 17.0. The molecule has 14 nitrogen and oxygen atoms in total. The minimum atomic E-state index is -5.94. The standard InChI is InChI=1S/C31H37F6N3O11S/c1-29(2,3)50-27(42)38-23(14-18-4-10-21(11-5-18)51-52(44,45)31(35,36)37)24(41)16-40(15-19-6-8-20(9-7-19)49-30(32,33)34)39-28(43)48-25-17-47-26-22(25)12-13-46-26/h4-11,22-26,41H,12-17H2,1-3H3,(H,38,42)(H,39,43)/t22-,23-,24-,25-,26+/m0/s1. The zero-order chi connectivity index (χ0) is 38.5. The highest BCUT2D eigenvalue weighted by Gasteiger charge is 2.48. The van der Waals surface area contributed by atoms with Crippen molar-refractivity contribution in [2.75, 3.05) is 19.8 Å². The van der Waals surface area contributed by atoms with Crippen molar-refractivity contribution in [2.45, 2.75) is 82.2 Å². The van der Waals surface area contributed by atoms with Gasteiger partial charge < -0.3 is 38.3 Å². The molecule has 0 bridgehead atoms. The summed E-state index contributed by atoms with van der Waals surface area (Å²) < 4.78 is 129. The summed E-state index contributed by atoms with van der Waals surface area (Å²) in [5.74, 6) is -1.36. The number of aliphatic hydroxyl groups is 1. The fraction of sp³-hybridized carbons (Fsp3) is 0.548. The van der Waals surface area contributed by atoms with Crippen molar-refractivity contribution >= 4 is 22.3 Å². The molecule has 2 amide bonds. The molecule has 4 rings (SSSR count). The summed E-state index contributed by atoms with van der Waals surface area (Å²) in [5.41, 5.74) is -3.47. The van der Waals surface area contributed by atoms with E-state index >= 15 is 0 Å². The Bertz CT molecular complexity index is 1620. The Morgan fingerprint density at radius 2 is 1.56 bits per heavy atom. The van der Waals surface area contributed by atoms with E-state index < -0.39 is 82.4 Å². The molecule has 0 spiro atoms. The molecule has 0 aliphatic carbocycles.